The Labute approximate surface area is 186 Å². The van der Waals surface area contributed by atoms with E-state index < -0.39 is 0 Å². The minimum atomic E-state index is -0.309. The van der Waals surface area contributed by atoms with Crippen molar-refractivity contribution in [3.8, 4) is 0 Å². The van der Waals surface area contributed by atoms with Crippen LogP contribution in [0.1, 0.15) is 27.5 Å². The molecular formula is C26H19Cl2NO. The van der Waals surface area contributed by atoms with Crippen LogP contribution in [-0.2, 0) is 0 Å². The molecule has 4 aromatic carbocycles. The van der Waals surface area contributed by atoms with Crippen LogP contribution in [0.25, 0.3) is 0 Å². The normalized spacial score (nSPS) is 10.8. The number of nitrogens with zero attached hydrogens (tertiary/aromatic N) is 1. The molecule has 2 nitrogen and oxygen atoms in total. The highest BCUT2D eigenvalue weighted by Crippen LogP contribution is 2.35. The standard InChI is InChI=1S/C26H19Cl2NO/c27-22-13-11-21(12-14-22)26(30)29(24-17-15-23(28)16-18-24)25(19-7-3-1-4-8-19)20-9-5-2-6-10-20/h1-18,25H. The molecule has 0 radical (unpaired) electrons. The van der Waals surface area contributed by atoms with Crippen molar-refractivity contribution in [1.29, 1.82) is 0 Å². The lowest BCUT2D eigenvalue weighted by molar-refractivity contribution is 0.0980. The van der Waals surface area contributed by atoms with Crippen LogP contribution in [-0.4, -0.2) is 5.91 Å². The predicted molar refractivity (Wildman–Crippen MR) is 124 cm³/mol. The summed E-state index contributed by atoms with van der Waals surface area (Å²) in [6.07, 6.45) is 0. The highest BCUT2D eigenvalue weighted by molar-refractivity contribution is 6.31. The van der Waals surface area contributed by atoms with Gasteiger partial charge in [0.05, 0.1) is 6.04 Å². The van der Waals surface area contributed by atoms with Crippen LogP contribution in [0, 0.1) is 0 Å². The van der Waals surface area contributed by atoms with E-state index in [9.17, 15) is 4.79 Å². The van der Waals surface area contributed by atoms with Crippen LogP contribution in [0.4, 0.5) is 5.69 Å². The van der Waals surface area contributed by atoms with Gasteiger partial charge in [0.15, 0.2) is 0 Å². The third-order valence-electron chi connectivity index (χ3n) is 4.90. The minimum absolute atomic E-state index is 0.119. The molecule has 1 amide bonds. The van der Waals surface area contributed by atoms with Gasteiger partial charge in [0, 0.05) is 21.3 Å². The smallest absolute Gasteiger partial charge is 0.259 e. The van der Waals surface area contributed by atoms with Crippen molar-refractivity contribution in [2.24, 2.45) is 0 Å². The number of hydrogen-bond acceptors (Lipinski definition) is 1. The molecule has 4 aromatic rings. The first kappa shape index (κ1) is 20.2. The second-order valence-corrected chi connectivity index (χ2v) is 7.76. The van der Waals surface area contributed by atoms with Crippen molar-refractivity contribution in [2.75, 3.05) is 4.90 Å². The van der Waals surface area contributed by atoms with Crippen LogP contribution < -0.4 is 4.90 Å². The number of benzene rings is 4. The number of rotatable bonds is 5. The van der Waals surface area contributed by atoms with Crippen molar-refractivity contribution in [3.05, 3.63) is 136 Å². The van der Waals surface area contributed by atoms with Gasteiger partial charge in [-0.15, -0.1) is 0 Å². The average molecular weight is 432 g/mol. The summed E-state index contributed by atoms with van der Waals surface area (Å²) in [4.78, 5) is 15.6. The minimum Gasteiger partial charge on any atom is -0.297 e. The molecule has 0 bridgehead atoms. The number of carbonyl (C=O) groups excluding carboxylic acids is 1. The van der Waals surface area contributed by atoms with Crippen LogP contribution >= 0.6 is 23.2 Å². The van der Waals surface area contributed by atoms with Gasteiger partial charge in [-0.2, -0.15) is 0 Å². The Hall–Kier alpha value is -3.07. The van der Waals surface area contributed by atoms with Crippen LogP contribution in [0.15, 0.2) is 109 Å². The molecule has 0 atom stereocenters. The second kappa shape index (κ2) is 9.17. The summed E-state index contributed by atoms with van der Waals surface area (Å²) in [5.74, 6) is -0.119. The number of carbonyl (C=O) groups is 1. The summed E-state index contributed by atoms with van der Waals surface area (Å²) in [5.41, 5.74) is 3.35. The summed E-state index contributed by atoms with van der Waals surface area (Å²) < 4.78 is 0. The SMILES string of the molecule is O=C(c1ccc(Cl)cc1)N(c1ccc(Cl)cc1)C(c1ccccc1)c1ccccc1. The zero-order valence-corrected chi connectivity index (χ0v) is 17.6. The molecule has 0 aliphatic rings. The van der Waals surface area contributed by atoms with Crippen LogP contribution in [0.5, 0.6) is 0 Å². The molecule has 0 aliphatic carbocycles. The van der Waals surface area contributed by atoms with Crippen molar-refractivity contribution >= 4 is 34.8 Å². The van der Waals surface area contributed by atoms with Gasteiger partial charge < -0.3 is 0 Å². The Kier molecular flexibility index (Phi) is 6.18. The molecule has 0 N–H and O–H groups in total. The quantitative estimate of drug-likeness (QED) is 0.321. The lowest BCUT2D eigenvalue weighted by Crippen LogP contribution is -2.35. The molecule has 0 unspecified atom stereocenters. The van der Waals surface area contributed by atoms with Gasteiger partial charge >= 0.3 is 0 Å². The van der Waals surface area contributed by atoms with E-state index in [4.69, 9.17) is 23.2 Å². The molecule has 4 rings (SSSR count). The Morgan fingerprint density at radius 3 is 1.50 bits per heavy atom. The molecule has 0 aromatic heterocycles. The van der Waals surface area contributed by atoms with E-state index in [1.165, 1.54) is 0 Å². The predicted octanol–water partition coefficient (Wildman–Crippen LogP) is 7.43. The first-order chi connectivity index (χ1) is 14.6. The zero-order valence-electron chi connectivity index (χ0n) is 16.1. The maximum atomic E-state index is 13.8. The van der Waals surface area contributed by atoms with E-state index in [1.807, 2.05) is 77.7 Å². The van der Waals surface area contributed by atoms with Crippen LogP contribution in [0.3, 0.4) is 0 Å². The molecule has 4 heteroatoms. The topological polar surface area (TPSA) is 20.3 Å². The van der Waals surface area contributed by atoms with Gasteiger partial charge in [-0.1, -0.05) is 83.9 Å². The first-order valence-corrected chi connectivity index (χ1v) is 10.3. The fourth-order valence-corrected chi connectivity index (χ4v) is 3.73. The lowest BCUT2D eigenvalue weighted by atomic mass is 9.95. The number of anilines is 1. The second-order valence-electron chi connectivity index (χ2n) is 6.88. The highest BCUT2D eigenvalue weighted by Gasteiger charge is 2.29. The lowest BCUT2D eigenvalue weighted by Gasteiger charge is -2.33. The summed E-state index contributed by atoms with van der Waals surface area (Å²) >= 11 is 12.2. The van der Waals surface area contributed by atoms with Crippen molar-refractivity contribution in [1.82, 2.24) is 0 Å². The molecule has 30 heavy (non-hydrogen) atoms. The monoisotopic (exact) mass is 431 g/mol. The van der Waals surface area contributed by atoms with Crippen molar-refractivity contribution < 1.29 is 4.79 Å². The molecule has 0 saturated heterocycles. The summed E-state index contributed by atoms with van der Waals surface area (Å²) in [6.45, 7) is 0. The molecular weight excluding hydrogens is 413 g/mol. The van der Waals surface area contributed by atoms with E-state index in [0.29, 0.717) is 15.6 Å². The molecule has 0 saturated carbocycles. The summed E-state index contributed by atoms with van der Waals surface area (Å²) in [6, 6.07) is 34.0. The van der Waals surface area contributed by atoms with Gasteiger partial charge in [-0.3, -0.25) is 9.69 Å². The van der Waals surface area contributed by atoms with E-state index in [1.54, 1.807) is 36.4 Å². The molecule has 0 fully saturated rings. The van der Waals surface area contributed by atoms with E-state index in [-0.39, 0.29) is 11.9 Å². The third kappa shape index (κ3) is 4.40. The van der Waals surface area contributed by atoms with E-state index >= 15 is 0 Å². The summed E-state index contributed by atoms with van der Waals surface area (Å²) in [7, 11) is 0. The Morgan fingerprint density at radius 1 is 0.600 bits per heavy atom. The number of amides is 1. The average Bonchev–Trinajstić information content (AvgIpc) is 2.79. The van der Waals surface area contributed by atoms with E-state index in [2.05, 4.69) is 0 Å². The van der Waals surface area contributed by atoms with Gasteiger partial charge in [0.25, 0.3) is 5.91 Å². The molecule has 148 valence electrons. The first-order valence-electron chi connectivity index (χ1n) is 9.58. The van der Waals surface area contributed by atoms with Gasteiger partial charge in [-0.05, 0) is 59.7 Å². The van der Waals surface area contributed by atoms with Gasteiger partial charge in [-0.25, -0.2) is 0 Å². The van der Waals surface area contributed by atoms with Crippen LogP contribution in [0.2, 0.25) is 10.0 Å². The Bertz CT molecular complexity index is 1070. The fraction of sp³-hybridized carbons (Fsp3) is 0.0385. The maximum Gasteiger partial charge on any atom is 0.259 e. The van der Waals surface area contributed by atoms with E-state index in [0.717, 1.165) is 16.8 Å². The van der Waals surface area contributed by atoms with Gasteiger partial charge in [0.2, 0.25) is 0 Å². The largest absolute Gasteiger partial charge is 0.297 e. The third-order valence-corrected chi connectivity index (χ3v) is 5.41. The number of hydrogen-bond donors (Lipinski definition) is 0. The summed E-state index contributed by atoms with van der Waals surface area (Å²) in [5, 5.41) is 1.21. The molecule has 0 aliphatic heterocycles. The highest BCUT2D eigenvalue weighted by atomic mass is 35.5. The van der Waals surface area contributed by atoms with Crippen molar-refractivity contribution in [3.63, 3.8) is 0 Å². The Morgan fingerprint density at radius 2 is 1.03 bits per heavy atom. The van der Waals surface area contributed by atoms with Crippen molar-refractivity contribution in [2.45, 2.75) is 6.04 Å². The fourth-order valence-electron chi connectivity index (χ4n) is 3.48. The Balaban J connectivity index is 1.90. The molecule has 0 spiro atoms. The van der Waals surface area contributed by atoms with Gasteiger partial charge in [0.1, 0.15) is 0 Å². The maximum absolute atomic E-state index is 13.8. The molecule has 0 heterocycles. The number of halogens is 2. The zero-order chi connectivity index (χ0) is 20.9.